The summed E-state index contributed by atoms with van der Waals surface area (Å²) >= 11 is 0. The Hall–Kier alpha value is -2.34. The van der Waals surface area contributed by atoms with E-state index in [2.05, 4.69) is 14.8 Å². The van der Waals surface area contributed by atoms with Crippen LogP contribution in [0.3, 0.4) is 0 Å². The Bertz CT molecular complexity index is 1120. The van der Waals surface area contributed by atoms with Gasteiger partial charge in [0.25, 0.3) is 0 Å². The minimum atomic E-state index is -4.24. The lowest BCUT2D eigenvalue weighted by Gasteiger charge is -2.22. The maximum absolute atomic E-state index is 13.9. The zero-order chi connectivity index (χ0) is 23.2. The zero-order valence-electron chi connectivity index (χ0n) is 17.4. The number of hydrogen-bond acceptors (Lipinski definition) is 5. The third-order valence-electron chi connectivity index (χ3n) is 4.51. The Balaban J connectivity index is 2.05. The maximum Gasteiger partial charge on any atom is 0.244 e. The lowest BCUT2D eigenvalue weighted by molar-refractivity contribution is -0.123. The third kappa shape index (κ3) is 7.10. The van der Waals surface area contributed by atoms with Crippen LogP contribution in [0.5, 0.6) is 0 Å². The van der Waals surface area contributed by atoms with Crippen molar-refractivity contribution >= 4 is 26.0 Å². The number of hydrogen-bond donors (Lipinski definition) is 3. The van der Waals surface area contributed by atoms with Crippen LogP contribution >= 0.6 is 0 Å². The van der Waals surface area contributed by atoms with Crippen LogP contribution in [0.15, 0.2) is 53.4 Å². The molecule has 0 aliphatic rings. The highest BCUT2D eigenvalue weighted by Crippen LogP contribution is 2.16. The summed E-state index contributed by atoms with van der Waals surface area (Å²) in [5.74, 6) is -2.02. The first-order chi connectivity index (χ1) is 14.4. The smallest absolute Gasteiger partial charge is 0.244 e. The van der Waals surface area contributed by atoms with Crippen LogP contribution < -0.4 is 14.8 Å². The molecule has 3 N–H and O–H groups in total. The van der Waals surface area contributed by atoms with Gasteiger partial charge in [0.15, 0.2) is 0 Å². The zero-order valence-corrected chi connectivity index (χ0v) is 19.1. The second-order valence-corrected chi connectivity index (χ2v) is 10.9. The molecule has 1 atom stereocenters. The highest BCUT2D eigenvalue weighted by molar-refractivity contribution is 7.89. The van der Waals surface area contributed by atoms with Crippen LogP contribution in [0.1, 0.15) is 25.0 Å². The van der Waals surface area contributed by atoms with Crippen molar-refractivity contribution in [2.24, 2.45) is 5.92 Å². The molecule has 0 bridgehead atoms. The Morgan fingerprint density at radius 3 is 2.10 bits per heavy atom. The lowest BCUT2D eigenvalue weighted by atomic mass is 10.0. The van der Waals surface area contributed by atoms with Crippen LogP contribution in [0, 0.1) is 11.7 Å². The molecule has 0 fully saturated rings. The summed E-state index contributed by atoms with van der Waals surface area (Å²) in [6.45, 7) is 3.46. The van der Waals surface area contributed by atoms with E-state index in [-0.39, 0.29) is 12.3 Å². The average molecular weight is 472 g/mol. The molecule has 2 rings (SSSR count). The highest BCUT2D eigenvalue weighted by Gasteiger charge is 2.29. The van der Waals surface area contributed by atoms with Gasteiger partial charge in [-0.1, -0.05) is 50.2 Å². The quantitative estimate of drug-likeness (QED) is 0.485. The van der Waals surface area contributed by atoms with Gasteiger partial charge < -0.3 is 5.32 Å². The molecule has 0 saturated heterocycles. The summed E-state index contributed by atoms with van der Waals surface area (Å²) < 4.78 is 66.7. The van der Waals surface area contributed by atoms with Crippen LogP contribution in [-0.4, -0.2) is 35.8 Å². The van der Waals surface area contributed by atoms with Gasteiger partial charge in [0, 0.05) is 6.54 Å². The predicted octanol–water partition coefficient (Wildman–Crippen LogP) is 1.49. The molecular formula is C20H26FN3O5S2. The van der Waals surface area contributed by atoms with Crippen molar-refractivity contribution in [1.82, 2.24) is 14.8 Å². The molecule has 0 aromatic heterocycles. The van der Waals surface area contributed by atoms with Gasteiger partial charge in [0.05, 0.1) is 5.75 Å². The van der Waals surface area contributed by atoms with Gasteiger partial charge in [-0.3, -0.25) is 4.79 Å². The third-order valence-corrected chi connectivity index (χ3v) is 7.32. The fourth-order valence-corrected chi connectivity index (χ4v) is 4.93. The van der Waals surface area contributed by atoms with E-state index in [1.165, 1.54) is 19.2 Å². The van der Waals surface area contributed by atoms with Gasteiger partial charge in [0.1, 0.15) is 16.8 Å². The SMILES string of the molecule is CNS(=O)(=O)Cc1ccc(CNC(=O)[C@@H](NS(=O)(=O)c2ccccc2F)C(C)C)cc1. The standard InChI is InChI=1S/C20H26FN3O5S2/c1-14(2)19(24-31(28,29)18-7-5-4-6-17(18)21)20(25)23-12-15-8-10-16(11-9-15)13-30(26,27)22-3/h4-11,14,19,22,24H,12-13H2,1-3H3,(H,23,25)/t19-/m0/s1. The largest absolute Gasteiger partial charge is 0.351 e. The lowest BCUT2D eigenvalue weighted by Crippen LogP contribution is -2.49. The van der Waals surface area contributed by atoms with Crippen molar-refractivity contribution in [3.63, 3.8) is 0 Å². The second kappa shape index (κ2) is 10.3. The summed E-state index contributed by atoms with van der Waals surface area (Å²) in [6.07, 6.45) is 0. The molecule has 170 valence electrons. The van der Waals surface area contributed by atoms with E-state index >= 15 is 0 Å². The highest BCUT2D eigenvalue weighted by atomic mass is 32.2. The molecule has 8 nitrogen and oxygen atoms in total. The van der Waals surface area contributed by atoms with E-state index in [0.29, 0.717) is 11.1 Å². The van der Waals surface area contributed by atoms with Crippen LogP contribution in [-0.2, 0) is 37.1 Å². The number of nitrogens with one attached hydrogen (secondary N) is 3. The number of carbonyl (C=O) groups is 1. The Morgan fingerprint density at radius 1 is 0.968 bits per heavy atom. The topological polar surface area (TPSA) is 121 Å². The number of amides is 1. The first-order valence-electron chi connectivity index (χ1n) is 9.49. The first kappa shape index (κ1) is 24.9. The van der Waals surface area contributed by atoms with Crippen molar-refractivity contribution in [2.75, 3.05) is 7.05 Å². The van der Waals surface area contributed by atoms with Crippen LogP contribution in [0.25, 0.3) is 0 Å². The number of benzene rings is 2. The molecule has 0 aliphatic heterocycles. The van der Waals surface area contributed by atoms with Crippen molar-refractivity contribution in [2.45, 2.75) is 37.1 Å². The Labute approximate surface area is 182 Å². The predicted molar refractivity (Wildman–Crippen MR) is 115 cm³/mol. The van der Waals surface area contributed by atoms with Crippen molar-refractivity contribution in [3.05, 3.63) is 65.5 Å². The molecule has 0 heterocycles. The summed E-state index contributed by atoms with van der Waals surface area (Å²) in [4.78, 5) is 12.1. The minimum absolute atomic E-state index is 0.114. The average Bonchev–Trinajstić information content (AvgIpc) is 2.71. The van der Waals surface area contributed by atoms with E-state index in [4.69, 9.17) is 0 Å². The van der Waals surface area contributed by atoms with Crippen molar-refractivity contribution in [3.8, 4) is 0 Å². The maximum atomic E-state index is 13.9. The van der Waals surface area contributed by atoms with E-state index in [0.717, 1.165) is 12.1 Å². The molecule has 0 unspecified atom stereocenters. The number of halogens is 1. The second-order valence-electron chi connectivity index (χ2n) is 7.27. The summed E-state index contributed by atoms with van der Waals surface area (Å²) in [7, 11) is -6.29. The minimum Gasteiger partial charge on any atom is -0.351 e. The van der Waals surface area contributed by atoms with E-state index in [1.54, 1.807) is 38.1 Å². The van der Waals surface area contributed by atoms with Gasteiger partial charge in [-0.05, 0) is 36.2 Å². The normalized spacial score (nSPS) is 13.2. The monoisotopic (exact) mass is 471 g/mol. The van der Waals surface area contributed by atoms with Crippen molar-refractivity contribution < 1.29 is 26.0 Å². The summed E-state index contributed by atoms with van der Waals surface area (Å²) in [6, 6.07) is 10.4. The van der Waals surface area contributed by atoms with Crippen LogP contribution in [0.4, 0.5) is 4.39 Å². The van der Waals surface area contributed by atoms with Gasteiger partial charge in [-0.15, -0.1) is 0 Å². The molecular weight excluding hydrogens is 445 g/mol. The Morgan fingerprint density at radius 2 is 1.55 bits per heavy atom. The van der Waals surface area contributed by atoms with Gasteiger partial charge >= 0.3 is 0 Å². The number of rotatable bonds is 10. The molecule has 0 aliphatic carbocycles. The molecule has 0 spiro atoms. The molecule has 11 heteroatoms. The van der Waals surface area contributed by atoms with Gasteiger partial charge in [-0.2, -0.15) is 4.72 Å². The van der Waals surface area contributed by atoms with Gasteiger partial charge in [0.2, 0.25) is 26.0 Å². The molecule has 1 amide bonds. The van der Waals surface area contributed by atoms with Crippen LogP contribution in [0.2, 0.25) is 0 Å². The summed E-state index contributed by atoms with van der Waals surface area (Å²) in [5, 5.41) is 2.66. The fourth-order valence-electron chi connectivity index (χ4n) is 2.73. The fraction of sp³-hybridized carbons (Fsp3) is 0.350. The molecule has 2 aromatic rings. The van der Waals surface area contributed by atoms with E-state index in [1.807, 2.05) is 0 Å². The van der Waals surface area contributed by atoms with Crippen molar-refractivity contribution in [1.29, 1.82) is 0 Å². The molecule has 31 heavy (non-hydrogen) atoms. The Kier molecular flexibility index (Phi) is 8.29. The molecule has 0 radical (unpaired) electrons. The summed E-state index contributed by atoms with van der Waals surface area (Å²) in [5.41, 5.74) is 1.29. The number of carbonyl (C=O) groups excluding carboxylic acids is 1. The molecule has 2 aromatic carbocycles. The number of sulfonamides is 2. The van der Waals surface area contributed by atoms with E-state index in [9.17, 15) is 26.0 Å². The van der Waals surface area contributed by atoms with Gasteiger partial charge in [-0.25, -0.2) is 25.9 Å². The molecule has 0 saturated carbocycles. The van der Waals surface area contributed by atoms with E-state index < -0.39 is 48.6 Å². The first-order valence-corrected chi connectivity index (χ1v) is 12.6.